The summed E-state index contributed by atoms with van der Waals surface area (Å²) in [6.07, 6.45) is -0.595. The number of alkyl carbamates (subject to hydrolysis) is 1. The van der Waals surface area contributed by atoms with Crippen molar-refractivity contribution in [3.05, 3.63) is 0 Å². The first-order chi connectivity index (χ1) is 5.74. The van der Waals surface area contributed by atoms with Crippen LogP contribution < -0.4 is 5.32 Å². The third-order valence-electron chi connectivity index (χ3n) is 1.35. The van der Waals surface area contributed by atoms with E-state index >= 15 is 0 Å². The fourth-order valence-corrected chi connectivity index (χ4v) is 0.666. The van der Waals surface area contributed by atoms with E-state index in [2.05, 4.69) is 10.1 Å². The van der Waals surface area contributed by atoms with Crippen LogP contribution in [0.4, 0.5) is 4.79 Å². The van der Waals surface area contributed by atoms with Crippen LogP contribution in [0.2, 0.25) is 0 Å². The zero-order valence-electron chi connectivity index (χ0n) is 7.62. The Balaban J connectivity index is 3.50. The summed E-state index contributed by atoms with van der Waals surface area (Å²) in [7, 11) is 4.44. The molecule has 0 heterocycles. The van der Waals surface area contributed by atoms with Gasteiger partial charge in [-0.3, -0.25) is 0 Å². The third-order valence-corrected chi connectivity index (χ3v) is 1.35. The molecule has 5 nitrogen and oxygen atoms in total. The number of rotatable bonds is 5. The summed E-state index contributed by atoms with van der Waals surface area (Å²) in [5, 5.41) is 2.50. The quantitative estimate of drug-likeness (QED) is 0.642. The lowest BCUT2D eigenvalue weighted by Crippen LogP contribution is -2.35. The Morgan fingerprint density at radius 1 is 1.42 bits per heavy atom. The van der Waals surface area contributed by atoms with Gasteiger partial charge in [-0.25, -0.2) is 4.79 Å². The number of hydrogen-bond donors (Lipinski definition) is 1. The van der Waals surface area contributed by atoms with E-state index in [0.29, 0.717) is 13.2 Å². The minimum absolute atomic E-state index is 0.130. The molecule has 0 aliphatic carbocycles. The van der Waals surface area contributed by atoms with Gasteiger partial charge in [-0.1, -0.05) is 0 Å². The first kappa shape index (κ1) is 11.2. The maximum atomic E-state index is 10.6. The van der Waals surface area contributed by atoms with E-state index < -0.39 is 6.09 Å². The lowest BCUT2D eigenvalue weighted by Gasteiger charge is -2.13. The van der Waals surface area contributed by atoms with Crippen molar-refractivity contribution < 1.29 is 19.0 Å². The number of methoxy groups -OCH3 is 3. The van der Waals surface area contributed by atoms with Gasteiger partial charge in [-0.2, -0.15) is 0 Å². The predicted octanol–water partition coefficient (Wildman–Crippen LogP) is 0.00380. The van der Waals surface area contributed by atoms with Crippen LogP contribution in [-0.2, 0) is 14.2 Å². The van der Waals surface area contributed by atoms with Gasteiger partial charge in [-0.05, 0) is 0 Å². The van der Waals surface area contributed by atoms with Crippen molar-refractivity contribution in [3.63, 3.8) is 0 Å². The molecule has 5 heteroatoms. The van der Waals surface area contributed by atoms with E-state index in [1.165, 1.54) is 7.11 Å². The zero-order valence-corrected chi connectivity index (χ0v) is 7.62. The Kier molecular flexibility index (Phi) is 6.41. The third kappa shape index (κ3) is 4.92. The molecule has 0 saturated heterocycles. The number of nitrogens with one attached hydrogen (secondary N) is 1. The minimum atomic E-state index is -0.465. The fourth-order valence-electron chi connectivity index (χ4n) is 0.666. The molecule has 0 spiro atoms. The molecule has 1 atom stereocenters. The molecule has 0 saturated carbocycles. The van der Waals surface area contributed by atoms with E-state index in [1.54, 1.807) is 14.2 Å². The van der Waals surface area contributed by atoms with Crippen molar-refractivity contribution in [1.29, 1.82) is 0 Å². The van der Waals surface area contributed by atoms with Crippen molar-refractivity contribution in [2.24, 2.45) is 0 Å². The Morgan fingerprint density at radius 2 is 2.08 bits per heavy atom. The standard InChI is InChI=1S/C7H15NO4/c1-10-5-6(11-2)4-8-7(9)12-3/h6H,4-5H2,1-3H3,(H,8,9). The molecule has 0 fully saturated rings. The Bertz CT molecular complexity index is 129. The predicted molar refractivity (Wildman–Crippen MR) is 43.1 cm³/mol. The molecule has 0 rings (SSSR count). The summed E-state index contributed by atoms with van der Waals surface area (Å²) in [5.41, 5.74) is 0. The van der Waals surface area contributed by atoms with Crippen molar-refractivity contribution in [2.75, 3.05) is 34.5 Å². The number of ether oxygens (including phenoxy) is 3. The Morgan fingerprint density at radius 3 is 2.50 bits per heavy atom. The maximum absolute atomic E-state index is 10.6. The van der Waals surface area contributed by atoms with Crippen LogP contribution in [0.1, 0.15) is 0 Å². The van der Waals surface area contributed by atoms with Gasteiger partial charge >= 0.3 is 6.09 Å². The van der Waals surface area contributed by atoms with Gasteiger partial charge in [-0.15, -0.1) is 0 Å². The molecule has 0 bridgehead atoms. The molecule has 12 heavy (non-hydrogen) atoms. The summed E-state index contributed by atoms with van der Waals surface area (Å²) in [6.45, 7) is 0.831. The van der Waals surface area contributed by atoms with Crippen LogP contribution in [0.3, 0.4) is 0 Å². The smallest absolute Gasteiger partial charge is 0.406 e. The van der Waals surface area contributed by atoms with Gasteiger partial charge in [0.05, 0.1) is 19.8 Å². The second kappa shape index (κ2) is 6.87. The average molecular weight is 177 g/mol. The molecular weight excluding hydrogens is 162 g/mol. The summed E-state index contributed by atoms with van der Waals surface area (Å²) in [6, 6.07) is 0. The van der Waals surface area contributed by atoms with Crippen LogP contribution in [0, 0.1) is 0 Å². The molecule has 0 aromatic carbocycles. The highest BCUT2D eigenvalue weighted by Gasteiger charge is 2.08. The SMILES string of the molecule is COCC(CNC(=O)OC)OC. The molecule has 0 aliphatic rings. The molecule has 0 aliphatic heterocycles. The van der Waals surface area contributed by atoms with Gasteiger partial charge < -0.3 is 19.5 Å². The maximum Gasteiger partial charge on any atom is 0.406 e. The van der Waals surface area contributed by atoms with Crippen molar-refractivity contribution in [3.8, 4) is 0 Å². The summed E-state index contributed by atoms with van der Waals surface area (Å²) in [4.78, 5) is 10.6. The highest BCUT2D eigenvalue weighted by atomic mass is 16.5. The monoisotopic (exact) mass is 177 g/mol. The minimum Gasteiger partial charge on any atom is -0.453 e. The van der Waals surface area contributed by atoms with Gasteiger partial charge in [0.1, 0.15) is 0 Å². The van der Waals surface area contributed by atoms with Crippen molar-refractivity contribution in [1.82, 2.24) is 5.32 Å². The van der Waals surface area contributed by atoms with Crippen molar-refractivity contribution >= 4 is 6.09 Å². The summed E-state index contributed by atoms with van der Waals surface area (Å²) < 4.78 is 14.2. The molecule has 1 N–H and O–H groups in total. The Hall–Kier alpha value is -0.810. The average Bonchev–Trinajstić information content (AvgIpc) is 2.11. The zero-order chi connectivity index (χ0) is 9.40. The van der Waals surface area contributed by atoms with Gasteiger partial charge in [0.2, 0.25) is 0 Å². The lowest BCUT2D eigenvalue weighted by molar-refractivity contribution is 0.0288. The van der Waals surface area contributed by atoms with E-state index in [1.807, 2.05) is 0 Å². The van der Waals surface area contributed by atoms with Crippen LogP contribution in [-0.4, -0.2) is 46.7 Å². The highest BCUT2D eigenvalue weighted by molar-refractivity contribution is 5.66. The number of carbonyl (C=O) groups excluding carboxylic acids is 1. The summed E-state index contributed by atoms with van der Waals surface area (Å²) >= 11 is 0. The molecule has 0 aromatic heterocycles. The largest absolute Gasteiger partial charge is 0.453 e. The van der Waals surface area contributed by atoms with Crippen LogP contribution in [0.15, 0.2) is 0 Å². The van der Waals surface area contributed by atoms with E-state index in [4.69, 9.17) is 9.47 Å². The topological polar surface area (TPSA) is 56.8 Å². The molecule has 1 amide bonds. The van der Waals surface area contributed by atoms with Gasteiger partial charge in [0.15, 0.2) is 0 Å². The Labute approximate surface area is 72.0 Å². The second-order valence-corrected chi connectivity index (χ2v) is 2.19. The van der Waals surface area contributed by atoms with E-state index in [9.17, 15) is 4.79 Å². The molecule has 1 unspecified atom stereocenters. The van der Waals surface area contributed by atoms with Crippen LogP contribution in [0.5, 0.6) is 0 Å². The van der Waals surface area contributed by atoms with E-state index in [0.717, 1.165) is 0 Å². The normalized spacial score (nSPS) is 12.2. The summed E-state index contributed by atoms with van der Waals surface area (Å²) in [5.74, 6) is 0. The van der Waals surface area contributed by atoms with E-state index in [-0.39, 0.29) is 6.10 Å². The lowest BCUT2D eigenvalue weighted by atomic mass is 10.4. The molecular formula is C7H15NO4. The molecule has 0 radical (unpaired) electrons. The second-order valence-electron chi connectivity index (χ2n) is 2.19. The fraction of sp³-hybridized carbons (Fsp3) is 0.857. The van der Waals surface area contributed by atoms with Gasteiger partial charge in [0, 0.05) is 20.8 Å². The number of amides is 1. The van der Waals surface area contributed by atoms with Crippen LogP contribution in [0.25, 0.3) is 0 Å². The van der Waals surface area contributed by atoms with Crippen molar-refractivity contribution in [2.45, 2.75) is 6.10 Å². The first-order valence-corrected chi connectivity index (χ1v) is 3.58. The van der Waals surface area contributed by atoms with Gasteiger partial charge in [0.25, 0.3) is 0 Å². The first-order valence-electron chi connectivity index (χ1n) is 3.58. The highest BCUT2D eigenvalue weighted by Crippen LogP contribution is 1.88. The molecule has 0 aromatic rings. The number of hydrogen-bond acceptors (Lipinski definition) is 4. The molecule has 72 valence electrons. The number of carbonyl (C=O) groups is 1. The van der Waals surface area contributed by atoms with Crippen LogP contribution >= 0.6 is 0 Å².